The number of amides is 1. The quantitative estimate of drug-likeness (QED) is 0.648. The van der Waals surface area contributed by atoms with Crippen molar-refractivity contribution in [3.63, 3.8) is 0 Å². The Bertz CT molecular complexity index is 1220. The lowest BCUT2D eigenvalue weighted by Crippen LogP contribution is -2.36. The highest BCUT2D eigenvalue weighted by Crippen LogP contribution is 2.40. The van der Waals surface area contributed by atoms with Crippen molar-refractivity contribution in [3.05, 3.63) is 62.3 Å². The molecule has 2 saturated carbocycles. The number of furan rings is 1. The molecule has 0 unspecified atom stereocenters. The fourth-order valence-corrected chi connectivity index (χ4v) is 3.96. The third-order valence-corrected chi connectivity index (χ3v) is 5.80. The van der Waals surface area contributed by atoms with Crippen molar-refractivity contribution in [2.75, 3.05) is 0 Å². The van der Waals surface area contributed by atoms with Crippen LogP contribution >= 0.6 is 0 Å². The molecule has 1 N–H and O–H groups in total. The molecular formula is C22H24N4O4. The first-order valence-electron chi connectivity index (χ1n) is 10.6. The average Bonchev–Trinajstić information content (AvgIpc) is 3.67. The van der Waals surface area contributed by atoms with Crippen molar-refractivity contribution in [2.24, 2.45) is 0 Å². The molecule has 3 aromatic rings. The zero-order valence-corrected chi connectivity index (χ0v) is 16.9. The average molecular weight is 408 g/mol. The number of carbonyl (C=O) groups excluding carboxylic acids is 1. The fraction of sp³-hybridized carbons (Fsp3) is 0.455. The molecule has 2 aliphatic carbocycles. The summed E-state index contributed by atoms with van der Waals surface area (Å²) in [5, 5.41) is 0.197. The molecule has 0 aliphatic heterocycles. The van der Waals surface area contributed by atoms with E-state index in [4.69, 9.17) is 4.42 Å². The number of pyridine rings is 1. The van der Waals surface area contributed by atoms with Crippen LogP contribution < -0.4 is 11.2 Å². The molecule has 0 radical (unpaired) electrons. The summed E-state index contributed by atoms with van der Waals surface area (Å²) in [4.78, 5) is 47.8. The smallest absolute Gasteiger partial charge is 0.329 e. The molecule has 2 fully saturated rings. The number of aromatic nitrogens is 3. The number of hydrogen-bond donors (Lipinski definition) is 1. The first-order chi connectivity index (χ1) is 14.6. The fourth-order valence-electron chi connectivity index (χ4n) is 3.96. The van der Waals surface area contributed by atoms with Gasteiger partial charge < -0.3 is 9.32 Å². The zero-order valence-electron chi connectivity index (χ0n) is 16.9. The minimum Gasteiger partial charge on any atom is -0.467 e. The number of carbonyl (C=O) groups is 1. The highest BCUT2D eigenvalue weighted by atomic mass is 16.3. The lowest BCUT2D eigenvalue weighted by molar-refractivity contribution is 0.0719. The summed E-state index contributed by atoms with van der Waals surface area (Å²) in [5.74, 6) is 0.771. The zero-order chi connectivity index (χ0) is 20.8. The Hall–Kier alpha value is -3.16. The van der Waals surface area contributed by atoms with Crippen LogP contribution in [0.15, 0.2) is 38.5 Å². The molecule has 3 aromatic heterocycles. The Morgan fingerprint density at radius 1 is 1.30 bits per heavy atom. The normalized spacial score (nSPS) is 16.2. The van der Waals surface area contributed by atoms with Gasteiger partial charge in [-0.2, -0.15) is 0 Å². The van der Waals surface area contributed by atoms with Gasteiger partial charge in [-0.3, -0.25) is 19.1 Å². The minimum atomic E-state index is -0.561. The van der Waals surface area contributed by atoms with Crippen LogP contribution in [0.3, 0.4) is 0 Å². The van der Waals surface area contributed by atoms with Crippen LogP contribution in [0.2, 0.25) is 0 Å². The number of fused-ring (bicyclic) bond motifs is 1. The Morgan fingerprint density at radius 2 is 2.10 bits per heavy atom. The van der Waals surface area contributed by atoms with Gasteiger partial charge in [-0.15, -0.1) is 0 Å². The van der Waals surface area contributed by atoms with Crippen LogP contribution in [0.4, 0.5) is 0 Å². The van der Waals surface area contributed by atoms with Gasteiger partial charge in [0, 0.05) is 24.2 Å². The first-order valence-corrected chi connectivity index (χ1v) is 10.6. The molecule has 1 amide bonds. The number of hydrogen-bond acceptors (Lipinski definition) is 5. The van der Waals surface area contributed by atoms with Crippen molar-refractivity contribution in [3.8, 4) is 0 Å². The lowest BCUT2D eigenvalue weighted by atomic mass is 10.1. The predicted octanol–water partition coefficient (Wildman–Crippen LogP) is 2.77. The van der Waals surface area contributed by atoms with Gasteiger partial charge in [0.2, 0.25) is 0 Å². The minimum absolute atomic E-state index is 0.135. The third kappa shape index (κ3) is 3.36. The maximum Gasteiger partial charge on any atom is 0.329 e. The van der Waals surface area contributed by atoms with E-state index >= 15 is 0 Å². The predicted molar refractivity (Wildman–Crippen MR) is 110 cm³/mol. The Balaban J connectivity index is 1.69. The van der Waals surface area contributed by atoms with E-state index in [1.165, 1.54) is 4.57 Å². The molecule has 2 aliphatic rings. The Morgan fingerprint density at radius 3 is 2.73 bits per heavy atom. The van der Waals surface area contributed by atoms with Gasteiger partial charge in [0.1, 0.15) is 5.76 Å². The molecule has 5 rings (SSSR count). The van der Waals surface area contributed by atoms with Crippen molar-refractivity contribution < 1.29 is 9.21 Å². The standard InChI is InChI=1S/C22H24N4O4/c1-2-9-25-19-18(20(27)24-22(25)29)16(11-17(23-19)13-5-6-13)21(28)26(14-7-8-14)12-15-4-3-10-30-15/h3-4,10-11,13-14H,2,5-9,12H2,1H3,(H,24,27,29). The van der Waals surface area contributed by atoms with Crippen LogP contribution in [0, 0.1) is 0 Å². The van der Waals surface area contributed by atoms with Gasteiger partial charge in [-0.25, -0.2) is 9.78 Å². The second kappa shape index (κ2) is 7.27. The van der Waals surface area contributed by atoms with Crippen molar-refractivity contribution in [1.82, 2.24) is 19.4 Å². The highest BCUT2D eigenvalue weighted by Gasteiger charge is 2.36. The molecular weight excluding hydrogens is 384 g/mol. The molecule has 0 saturated heterocycles. The van der Waals surface area contributed by atoms with Crippen molar-refractivity contribution in [1.29, 1.82) is 0 Å². The van der Waals surface area contributed by atoms with Crippen molar-refractivity contribution in [2.45, 2.75) is 64.1 Å². The largest absolute Gasteiger partial charge is 0.467 e. The topological polar surface area (TPSA) is 101 Å². The van der Waals surface area contributed by atoms with E-state index in [1.54, 1.807) is 23.3 Å². The maximum atomic E-state index is 13.7. The molecule has 3 heterocycles. The Kier molecular flexibility index (Phi) is 4.56. The lowest BCUT2D eigenvalue weighted by Gasteiger charge is -2.22. The van der Waals surface area contributed by atoms with Crippen LogP contribution in [0.25, 0.3) is 11.0 Å². The number of rotatable bonds is 7. The number of aryl methyl sites for hydroxylation is 1. The van der Waals surface area contributed by atoms with Gasteiger partial charge in [0.15, 0.2) is 5.65 Å². The van der Waals surface area contributed by atoms with Crippen LogP contribution in [0.5, 0.6) is 0 Å². The number of aromatic amines is 1. The monoisotopic (exact) mass is 408 g/mol. The summed E-state index contributed by atoms with van der Waals surface area (Å²) < 4.78 is 6.94. The second-order valence-corrected chi connectivity index (χ2v) is 8.22. The van der Waals surface area contributed by atoms with Crippen molar-refractivity contribution >= 4 is 16.9 Å². The summed E-state index contributed by atoms with van der Waals surface area (Å²) in [6.45, 7) is 2.74. The summed E-state index contributed by atoms with van der Waals surface area (Å²) in [7, 11) is 0. The molecule has 0 spiro atoms. The van der Waals surface area contributed by atoms with E-state index in [2.05, 4.69) is 9.97 Å². The second-order valence-electron chi connectivity index (χ2n) is 8.22. The number of nitrogens with zero attached hydrogens (tertiary/aromatic N) is 3. The van der Waals surface area contributed by atoms with E-state index in [0.717, 1.165) is 31.4 Å². The van der Waals surface area contributed by atoms with E-state index in [1.807, 2.05) is 13.0 Å². The highest BCUT2D eigenvalue weighted by molar-refractivity contribution is 6.05. The van der Waals surface area contributed by atoms with Crippen LogP contribution in [-0.2, 0) is 13.1 Å². The van der Waals surface area contributed by atoms with Crippen LogP contribution in [-0.4, -0.2) is 31.4 Å². The van der Waals surface area contributed by atoms with E-state index < -0.39 is 11.2 Å². The van der Waals surface area contributed by atoms with E-state index in [-0.39, 0.29) is 23.3 Å². The van der Waals surface area contributed by atoms with Gasteiger partial charge >= 0.3 is 5.69 Å². The molecule has 0 aromatic carbocycles. The van der Waals surface area contributed by atoms with Gasteiger partial charge in [-0.1, -0.05) is 6.92 Å². The molecule has 0 bridgehead atoms. The number of H-pyrrole nitrogens is 1. The Labute approximate surface area is 172 Å². The molecule has 30 heavy (non-hydrogen) atoms. The molecule has 0 atom stereocenters. The van der Waals surface area contributed by atoms with Gasteiger partial charge in [0.05, 0.1) is 23.8 Å². The van der Waals surface area contributed by atoms with Gasteiger partial charge in [-0.05, 0) is 50.3 Å². The summed E-state index contributed by atoms with van der Waals surface area (Å²) in [6.07, 6.45) is 6.18. The van der Waals surface area contributed by atoms with Gasteiger partial charge in [0.25, 0.3) is 11.5 Å². The molecule has 156 valence electrons. The van der Waals surface area contributed by atoms with E-state index in [9.17, 15) is 14.4 Å². The molecule has 8 nitrogen and oxygen atoms in total. The number of nitrogens with one attached hydrogen (secondary N) is 1. The SMILES string of the molecule is CCCn1c(=O)[nH]c(=O)c2c(C(=O)N(Cc3ccco3)C3CC3)cc(C3CC3)nc21. The maximum absolute atomic E-state index is 13.7. The summed E-state index contributed by atoms with van der Waals surface area (Å²) >= 11 is 0. The first kappa shape index (κ1) is 18.8. The molecule has 8 heteroatoms. The summed E-state index contributed by atoms with van der Waals surface area (Å²) in [6, 6.07) is 5.53. The third-order valence-electron chi connectivity index (χ3n) is 5.80. The van der Waals surface area contributed by atoms with E-state index in [0.29, 0.717) is 36.5 Å². The van der Waals surface area contributed by atoms with Crippen LogP contribution in [0.1, 0.15) is 66.8 Å². The summed E-state index contributed by atoms with van der Waals surface area (Å²) in [5.41, 5.74) is 0.380.